The van der Waals surface area contributed by atoms with E-state index in [1.165, 1.54) is 7.11 Å². The minimum atomic E-state index is -0.689. The van der Waals surface area contributed by atoms with Gasteiger partial charge < -0.3 is 4.74 Å². The largest absolute Gasteiger partial charge is 0.468 e. The van der Waals surface area contributed by atoms with Gasteiger partial charge in [0.1, 0.15) is 5.92 Å². The van der Waals surface area contributed by atoms with Gasteiger partial charge in [-0.05, 0) is 19.4 Å². The van der Waals surface area contributed by atoms with Crippen LogP contribution in [0.15, 0.2) is 24.3 Å². The van der Waals surface area contributed by atoms with E-state index in [9.17, 15) is 9.59 Å². The molecular weight excluding hydrogens is 204 g/mol. The van der Waals surface area contributed by atoms with Crippen molar-refractivity contribution in [3.05, 3.63) is 35.4 Å². The fourth-order valence-corrected chi connectivity index (χ4v) is 1.37. The fraction of sp³-hybridized carbons (Fsp3) is 0.385. The van der Waals surface area contributed by atoms with Crippen LogP contribution in [0.4, 0.5) is 0 Å². The van der Waals surface area contributed by atoms with Gasteiger partial charge in [-0.15, -0.1) is 0 Å². The molecule has 1 aromatic carbocycles. The second kappa shape index (κ2) is 5.45. The Kier molecular flexibility index (Phi) is 4.23. The van der Waals surface area contributed by atoms with Crippen molar-refractivity contribution in [2.24, 2.45) is 5.92 Å². The van der Waals surface area contributed by atoms with Crippen LogP contribution in [0, 0.1) is 12.8 Å². The number of ketones is 1. The average molecular weight is 220 g/mol. The van der Waals surface area contributed by atoms with E-state index in [1.807, 2.05) is 31.2 Å². The van der Waals surface area contributed by atoms with Crippen LogP contribution in [-0.4, -0.2) is 18.9 Å². The third kappa shape index (κ3) is 3.19. The first-order chi connectivity index (χ1) is 7.54. The normalized spacial score (nSPS) is 11.9. The first-order valence-electron chi connectivity index (χ1n) is 5.20. The van der Waals surface area contributed by atoms with E-state index in [0.717, 1.165) is 11.1 Å². The number of ether oxygens (including phenoxy) is 1. The van der Waals surface area contributed by atoms with Crippen molar-refractivity contribution in [2.75, 3.05) is 7.11 Å². The molecular formula is C13H16O3. The van der Waals surface area contributed by atoms with E-state index < -0.39 is 11.9 Å². The lowest BCUT2D eigenvalue weighted by atomic mass is 9.99. The molecule has 0 bridgehead atoms. The van der Waals surface area contributed by atoms with Crippen molar-refractivity contribution < 1.29 is 14.3 Å². The maximum atomic E-state index is 11.7. The number of carbonyl (C=O) groups excluding carboxylic acids is 2. The number of carbonyl (C=O) groups is 2. The van der Waals surface area contributed by atoms with Crippen LogP contribution in [0.5, 0.6) is 0 Å². The Balaban J connectivity index is 2.64. The molecule has 0 N–H and O–H groups in total. The summed E-state index contributed by atoms with van der Waals surface area (Å²) in [6.45, 7) is 3.56. The van der Waals surface area contributed by atoms with Gasteiger partial charge in [0.15, 0.2) is 5.78 Å². The van der Waals surface area contributed by atoms with E-state index in [4.69, 9.17) is 0 Å². The summed E-state index contributed by atoms with van der Waals surface area (Å²) >= 11 is 0. The summed E-state index contributed by atoms with van der Waals surface area (Å²) in [7, 11) is 1.29. The summed E-state index contributed by atoms with van der Waals surface area (Å²) in [4.78, 5) is 22.9. The second-order valence-corrected chi connectivity index (χ2v) is 3.87. The third-order valence-electron chi connectivity index (χ3n) is 2.54. The SMILES string of the molecule is COC(=O)C(C)C(=O)Cc1ccc(C)cc1. The fourth-order valence-electron chi connectivity index (χ4n) is 1.37. The standard InChI is InChI=1S/C13H16O3/c1-9-4-6-11(7-5-9)8-12(14)10(2)13(15)16-3/h4-7,10H,8H2,1-3H3. The Morgan fingerprint density at radius 3 is 2.31 bits per heavy atom. The van der Waals surface area contributed by atoms with E-state index in [2.05, 4.69) is 4.74 Å². The molecule has 3 nitrogen and oxygen atoms in total. The van der Waals surface area contributed by atoms with Crippen LogP contribution in [0.25, 0.3) is 0 Å². The summed E-state index contributed by atoms with van der Waals surface area (Å²) < 4.78 is 4.53. The predicted molar refractivity (Wildman–Crippen MR) is 61.1 cm³/mol. The monoisotopic (exact) mass is 220 g/mol. The van der Waals surface area contributed by atoms with Gasteiger partial charge in [0.2, 0.25) is 0 Å². The number of aryl methyl sites for hydroxylation is 1. The maximum Gasteiger partial charge on any atom is 0.315 e. The molecule has 86 valence electrons. The molecule has 3 heteroatoms. The van der Waals surface area contributed by atoms with Crippen molar-refractivity contribution >= 4 is 11.8 Å². The Bertz CT molecular complexity index is 379. The van der Waals surface area contributed by atoms with Gasteiger partial charge in [-0.25, -0.2) is 0 Å². The molecule has 0 fully saturated rings. The number of benzene rings is 1. The summed E-state index contributed by atoms with van der Waals surface area (Å²) in [5.74, 6) is -1.28. The number of hydrogen-bond donors (Lipinski definition) is 0. The molecule has 1 rings (SSSR count). The number of Topliss-reactive ketones (excluding diaryl/α,β-unsaturated/α-hetero) is 1. The van der Waals surface area contributed by atoms with Gasteiger partial charge in [0.25, 0.3) is 0 Å². The van der Waals surface area contributed by atoms with Crippen LogP contribution in [0.3, 0.4) is 0 Å². The van der Waals surface area contributed by atoms with Crippen molar-refractivity contribution in [1.29, 1.82) is 0 Å². The molecule has 0 heterocycles. The van der Waals surface area contributed by atoms with Gasteiger partial charge in [-0.1, -0.05) is 29.8 Å². The van der Waals surface area contributed by atoms with Crippen molar-refractivity contribution in [1.82, 2.24) is 0 Å². The highest BCUT2D eigenvalue weighted by molar-refractivity contribution is 5.99. The van der Waals surface area contributed by atoms with Gasteiger partial charge in [0.05, 0.1) is 7.11 Å². The number of rotatable bonds is 4. The van der Waals surface area contributed by atoms with Crippen LogP contribution < -0.4 is 0 Å². The summed E-state index contributed by atoms with van der Waals surface area (Å²) in [5, 5.41) is 0. The van der Waals surface area contributed by atoms with Crippen LogP contribution >= 0.6 is 0 Å². The van der Waals surface area contributed by atoms with Gasteiger partial charge in [-0.2, -0.15) is 0 Å². The van der Waals surface area contributed by atoms with Gasteiger partial charge in [0, 0.05) is 6.42 Å². The van der Waals surface area contributed by atoms with Crippen LogP contribution in [0.2, 0.25) is 0 Å². The molecule has 1 atom stereocenters. The molecule has 0 spiro atoms. The molecule has 16 heavy (non-hydrogen) atoms. The maximum absolute atomic E-state index is 11.7. The quantitative estimate of drug-likeness (QED) is 0.575. The van der Waals surface area contributed by atoms with Crippen molar-refractivity contribution in [2.45, 2.75) is 20.3 Å². The molecule has 0 saturated carbocycles. The summed E-state index contributed by atoms with van der Waals surface area (Å²) in [6, 6.07) is 7.70. The lowest BCUT2D eigenvalue weighted by molar-refractivity contribution is -0.148. The molecule has 0 saturated heterocycles. The first-order valence-corrected chi connectivity index (χ1v) is 5.20. The zero-order valence-electron chi connectivity index (χ0n) is 9.82. The zero-order chi connectivity index (χ0) is 12.1. The molecule has 0 aromatic heterocycles. The lowest BCUT2D eigenvalue weighted by Gasteiger charge is -2.08. The minimum Gasteiger partial charge on any atom is -0.468 e. The van der Waals surface area contributed by atoms with Crippen LogP contribution in [0.1, 0.15) is 18.1 Å². The third-order valence-corrected chi connectivity index (χ3v) is 2.54. The van der Waals surface area contributed by atoms with E-state index >= 15 is 0 Å². The molecule has 0 amide bonds. The Morgan fingerprint density at radius 1 is 1.25 bits per heavy atom. The van der Waals surface area contributed by atoms with Crippen molar-refractivity contribution in [3.8, 4) is 0 Å². The Labute approximate surface area is 95.4 Å². The topological polar surface area (TPSA) is 43.4 Å². The van der Waals surface area contributed by atoms with Crippen LogP contribution in [-0.2, 0) is 20.7 Å². The first kappa shape index (κ1) is 12.4. The molecule has 0 aliphatic rings. The number of hydrogen-bond acceptors (Lipinski definition) is 3. The number of methoxy groups -OCH3 is 1. The Morgan fingerprint density at radius 2 is 1.81 bits per heavy atom. The molecule has 0 aliphatic heterocycles. The smallest absolute Gasteiger partial charge is 0.315 e. The van der Waals surface area contributed by atoms with E-state index in [-0.39, 0.29) is 12.2 Å². The summed E-state index contributed by atoms with van der Waals surface area (Å²) in [5.41, 5.74) is 2.07. The molecule has 0 aliphatic carbocycles. The predicted octanol–water partition coefficient (Wildman–Crippen LogP) is 1.92. The molecule has 1 aromatic rings. The van der Waals surface area contributed by atoms with E-state index in [1.54, 1.807) is 6.92 Å². The highest BCUT2D eigenvalue weighted by Gasteiger charge is 2.21. The molecule has 0 radical (unpaired) electrons. The van der Waals surface area contributed by atoms with Gasteiger partial charge in [-0.3, -0.25) is 9.59 Å². The number of esters is 1. The minimum absolute atomic E-state index is 0.115. The summed E-state index contributed by atoms with van der Waals surface area (Å²) in [6.07, 6.45) is 0.274. The Hall–Kier alpha value is -1.64. The van der Waals surface area contributed by atoms with Crippen molar-refractivity contribution in [3.63, 3.8) is 0 Å². The average Bonchev–Trinajstić information content (AvgIpc) is 2.30. The van der Waals surface area contributed by atoms with E-state index in [0.29, 0.717) is 0 Å². The second-order valence-electron chi connectivity index (χ2n) is 3.87. The highest BCUT2D eigenvalue weighted by Crippen LogP contribution is 2.09. The van der Waals surface area contributed by atoms with Gasteiger partial charge >= 0.3 is 5.97 Å². The molecule has 1 unspecified atom stereocenters. The highest BCUT2D eigenvalue weighted by atomic mass is 16.5. The zero-order valence-corrected chi connectivity index (χ0v) is 9.82. The lowest BCUT2D eigenvalue weighted by Crippen LogP contribution is -2.23.